The minimum atomic E-state index is 0.0143. The molecule has 0 unspecified atom stereocenters. The summed E-state index contributed by atoms with van der Waals surface area (Å²) in [5.41, 5.74) is 2.92. The Morgan fingerprint density at radius 1 is 0.971 bits per heavy atom. The summed E-state index contributed by atoms with van der Waals surface area (Å²) in [7, 11) is 0. The van der Waals surface area contributed by atoms with Crippen LogP contribution < -0.4 is 4.90 Å². The van der Waals surface area contributed by atoms with Gasteiger partial charge in [-0.3, -0.25) is 9.69 Å². The van der Waals surface area contributed by atoms with Crippen LogP contribution in [0.25, 0.3) is 11.5 Å². The molecule has 3 heterocycles. The Kier molecular flexibility index (Phi) is 5.81. The molecule has 34 heavy (non-hydrogen) atoms. The number of hydrogen-bond donors (Lipinski definition) is 0. The molecule has 1 aromatic heterocycles. The lowest BCUT2D eigenvalue weighted by molar-refractivity contribution is -0.143. The van der Waals surface area contributed by atoms with Gasteiger partial charge in [0.1, 0.15) is 0 Å². The third-order valence-electron chi connectivity index (χ3n) is 6.96. The molecule has 0 atom stereocenters. The molecule has 2 aliphatic rings. The van der Waals surface area contributed by atoms with Crippen molar-refractivity contribution in [1.82, 2.24) is 20.0 Å². The number of aryl methyl sites for hydroxylation is 1. The normalized spacial score (nSPS) is 16.9. The van der Waals surface area contributed by atoms with Crippen LogP contribution in [0, 0.1) is 12.3 Å². The van der Waals surface area contributed by atoms with E-state index in [1.165, 1.54) is 0 Å². The van der Waals surface area contributed by atoms with E-state index in [2.05, 4.69) is 10.2 Å². The standard InChI is InChI=1S/C26H29N5O3/c1-19-27-28-24(34-19)22-10-8-21(9-11-22)16-31(23-6-4-3-5-7-23)25(33)29-14-12-26(13-15-29)17-30(18-26)20(2)32/h3-11H,12-18H2,1-2H3. The van der Waals surface area contributed by atoms with E-state index in [1.807, 2.05) is 69.3 Å². The van der Waals surface area contributed by atoms with Crippen LogP contribution in [-0.4, -0.2) is 58.1 Å². The quantitative estimate of drug-likeness (QED) is 0.586. The number of likely N-dealkylation sites (tertiary alicyclic amines) is 2. The largest absolute Gasteiger partial charge is 0.421 e. The van der Waals surface area contributed by atoms with E-state index in [0.29, 0.717) is 31.4 Å². The van der Waals surface area contributed by atoms with Crippen molar-refractivity contribution in [2.45, 2.75) is 33.2 Å². The number of anilines is 1. The molecule has 176 valence electrons. The Labute approximate surface area is 199 Å². The fraction of sp³-hybridized carbons (Fsp3) is 0.385. The highest BCUT2D eigenvalue weighted by atomic mass is 16.4. The molecule has 2 aromatic carbocycles. The third kappa shape index (κ3) is 4.40. The molecule has 0 aliphatic carbocycles. The van der Waals surface area contributed by atoms with Crippen molar-refractivity contribution in [2.75, 3.05) is 31.1 Å². The number of carbonyl (C=O) groups excluding carboxylic acids is 2. The topological polar surface area (TPSA) is 82.8 Å². The van der Waals surface area contributed by atoms with E-state index in [1.54, 1.807) is 13.8 Å². The van der Waals surface area contributed by atoms with Gasteiger partial charge in [-0.2, -0.15) is 0 Å². The number of nitrogens with zero attached hydrogens (tertiary/aromatic N) is 5. The molecule has 1 spiro atoms. The summed E-state index contributed by atoms with van der Waals surface area (Å²) >= 11 is 0. The lowest BCUT2D eigenvalue weighted by Crippen LogP contribution is -2.62. The van der Waals surface area contributed by atoms with Gasteiger partial charge in [-0.1, -0.05) is 30.3 Å². The molecule has 8 nitrogen and oxygen atoms in total. The number of para-hydroxylation sites is 1. The number of aromatic nitrogens is 2. The minimum Gasteiger partial charge on any atom is -0.421 e. The van der Waals surface area contributed by atoms with Gasteiger partial charge >= 0.3 is 6.03 Å². The first-order valence-electron chi connectivity index (χ1n) is 11.7. The van der Waals surface area contributed by atoms with Crippen LogP contribution in [0.1, 0.15) is 31.2 Å². The van der Waals surface area contributed by atoms with E-state index in [0.717, 1.165) is 42.7 Å². The predicted molar refractivity (Wildman–Crippen MR) is 128 cm³/mol. The number of amides is 3. The van der Waals surface area contributed by atoms with E-state index in [4.69, 9.17) is 4.42 Å². The first-order chi connectivity index (χ1) is 16.4. The Morgan fingerprint density at radius 3 is 2.24 bits per heavy atom. The first kappa shape index (κ1) is 22.1. The molecule has 2 aliphatic heterocycles. The molecule has 8 heteroatoms. The maximum absolute atomic E-state index is 13.6. The van der Waals surface area contributed by atoms with Gasteiger partial charge in [0.2, 0.25) is 17.7 Å². The molecular formula is C26H29N5O3. The van der Waals surface area contributed by atoms with Crippen molar-refractivity contribution in [3.63, 3.8) is 0 Å². The molecule has 5 rings (SSSR count). The number of carbonyl (C=O) groups is 2. The lowest BCUT2D eigenvalue weighted by Gasteiger charge is -2.54. The Balaban J connectivity index is 1.29. The molecule has 3 aromatic rings. The van der Waals surface area contributed by atoms with Gasteiger partial charge in [-0.25, -0.2) is 4.79 Å². The molecule has 2 fully saturated rings. The summed E-state index contributed by atoms with van der Waals surface area (Å²) in [6.45, 7) is 6.91. The average molecular weight is 460 g/mol. The lowest BCUT2D eigenvalue weighted by atomic mass is 9.72. The zero-order chi connectivity index (χ0) is 23.7. The second-order valence-electron chi connectivity index (χ2n) is 9.39. The Bertz CT molecular complexity index is 1160. The monoisotopic (exact) mass is 459 g/mol. The minimum absolute atomic E-state index is 0.0143. The second kappa shape index (κ2) is 8.93. The number of rotatable bonds is 4. The molecule has 0 N–H and O–H groups in total. The van der Waals surface area contributed by atoms with Crippen LogP contribution in [0.3, 0.4) is 0 Å². The average Bonchev–Trinajstić information content (AvgIpc) is 3.27. The molecule has 0 saturated carbocycles. The van der Waals surface area contributed by atoms with E-state index in [9.17, 15) is 9.59 Å². The third-order valence-corrected chi connectivity index (χ3v) is 6.96. The highest BCUT2D eigenvalue weighted by Gasteiger charge is 2.46. The van der Waals surface area contributed by atoms with Crippen molar-refractivity contribution in [1.29, 1.82) is 0 Å². The second-order valence-corrected chi connectivity index (χ2v) is 9.39. The van der Waals surface area contributed by atoms with Gasteiger partial charge in [-0.05, 0) is 42.7 Å². The van der Waals surface area contributed by atoms with Crippen molar-refractivity contribution >= 4 is 17.6 Å². The van der Waals surface area contributed by atoms with Gasteiger partial charge in [0.25, 0.3) is 0 Å². The Hall–Kier alpha value is -3.68. The number of benzene rings is 2. The highest BCUT2D eigenvalue weighted by Crippen LogP contribution is 2.40. The van der Waals surface area contributed by atoms with Gasteiger partial charge in [0.05, 0.1) is 6.54 Å². The van der Waals surface area contributed by atoms with Gasteiger partial charge in [-0.15, -0.1) is 10.2 Å². The zero-order valence-corrected chi connectivity index (χ0v) is 19.6. The number of hydrogen-bond acceptors (Lipinski definition) is 5. The van der Waals surface area contributed by atoms with Crippen LogP contribution >= 0.6 is 0 Å². The molecular weight excluding hydrogens is 430 g/mol. The van der Waals surface area contributed by atoms with Crippen LogP contribution in [-0.2, 0) is 11.3 Å². The van der Waals surface area contributed by atoms with Crippen LogP contribution in [0.2, 0.25) is 0 Å². The van der Waals surface area contributed by atoms with Gasteiger partial charge in [0, 0.05) is 56.7 Å². The van der Waals surface area contributed by atoms with Gasteiger partial charge < -0.3 is 14.2 Å². The van der Waals surface area contributed by atoms with Crippen LogP contribution in [0.5, 0.6) is 0 Å². The summed E-state index contributed by atoms with van der Waals surface area (Å²) in [6, 6.07) is 17.7. The van der Waals surface area contributed by atoms with Crippen molar-refractivity contribution in [2.24, 2.45) is 5.41 Å². The maximum atomic E-state index is 13.6. The fourth-order valence-electron chi connectivity index (χ4n) is 4.87. The van der Waals surface area contributed by atoms with Crippen molar-refractivity contribution < 1.29 is 14.0 Å². The fourth-order valence-corrected chi connectivity index (χ4v) is 4.87. The molecule has 0 radical (unpaired) electrons. The van der Waals surface area contributed by atoms with E-state index in [-0.39, 0.29) is 17.4 Å². The molecule has 2 saturated heterocycles. The van der Waals surface area contributed by atoms with Gasteiger partial charge in [0.15, 0.2) is 0 Å². The highest BCUT2D eigenvalue weighted by molar-refractivity contribution is 5.92. The summed E-state index contributed by atoms with van der Waals surface area (Å²) in [5, 5.41) is 7.96. The van der Waals surface area contributed by atoms with Crippen molar-refractivity contribution in [3.8, 4) is 11.5 Å². The van der Waals surface area contributed by atoms with E-state index < -0.39 is 0 Å². The molecule has 0 bridgehead atoms. The summed E-state index contributed by atoms with van der Waals surface area (Å²) in [4.78, 5) is 30.9. The Morgan fingerprint density at radius 2 is 1.65 bits per heavy atom. The number of urea groups is 1. The molecule has 3 amide bonds. The van der Waals surface area contributed by atoms with Crippen molar-refractivity contribution in [3.05, 3.63) is 66.1 Å². The summed E-state index contributed by atoms with van der Waals surface area (Å²) in [6.07, 6.45) is 1.87. The predicted octanol–water partition coefficient (Wildman–Crippen LogP) is 4.12. The van der Waals surface area contributed by atoms with E-state index >= 15 is 0 Å². The van der Waals surface area contributed by atoms with Crippen LogP contribution in [0.15, 0.2) is 59.0 Å². The summed E-state index contributed by atoms with van der Waals surface area (Å²) < 4.78 is 5.51. The maximum Gasteiger partial charge on any atom is 0.324 e. The van der Waals surface area contributed by atoms with Crippen LogP contribution in [0.4, 0.5) is 10.5 Å². The first-order valence-corrected chi connectivity index (χ1v) is 11.7. The number of piperidine rings is 1. The zero-order valence-electron chi connectivity index (χ0n) is 19.6. The smallest absolute Gasteiger partial charge is 0.324 e. The SMILES string of the molecule is CC(=O)N1CC2(CCN(C(=O)N(Cc3ccc(-c4nnc(C)o4)cc3)c3ccccc3)CC2)C1. The summed E-state index contributed by atoms with van der Waals surface area (Å²) in [5.74, 6) is 1.15.